The van der Waals surface area contributed by atoms with Crippen LogP contribution in [0.3, 0.4) is 0 Å². The SMILES string of the molecule is FC(F)(F)c1nc(Cl)cc(N2CCCSCC2)n1. The number of nitrogens with zero attached hydrogens (tertiary/aromatic N) is 3. The summed E-state index contributed by atoms with van der Waals surface area (Å²) < 4.78 is 37.8. The van der Waals surface area contributed by atoms with E-state index in [0.29, 0.717) is 13.1 Å². The van der Waals surface area contributed by atoms with Gasteiger partial charge in [0.15, 0.2) is 0 Å². The predicted molar refractivity (Wildman–Crippen MR) is 66.2 cm³/mol. The number of rotatable bonds is 1. The molecule has 1 aliphatic rings. The molecule has 1 aliphatic heterocycles. The molecule has 0 aliphatic carbocycles. The number of alkyl halides is 3. The third-order valence-corrected chi connectivity index (χ3v) is 3.72. The lowest BCUT2D eigenvalue weighted by molar-refractivity contribution is -0.144. The van der Waals surface area contributed by atoms with Crippen molar-refractivity contribution in [3.63, 3.8) is 0 Å². The second-order valence-electron chi connectivity index (χ2n) is 3.82. The van der Waals surface area contributed by atoms with Crippen LogP contribution >= 0.6 is 23.4 Å². The summed E-state index contributed by atoms with van der Waals surface area (Å²) in [5.41, 5.74) is 0. The van der Waals surface area contributed by atoms with E-state index in [1.807, 2.05) is 4.90 Å². The summed E-state index contributed by atoms with van der Waals surface area (Å²) in [6, 6.07) is 1.38. The molecule has 2 rings (SSSR count). The Morgan fingerprint density at radius 1 is 1.22 bits per heavy atom. The molecule has 100 valence electrons. The van der Waals surface area contributed by atoms with Crippen LogP contribution in [-0.4, -0.2) is 34.6 Å². The van der Waals surface area contributed by atoms with E-state index < -0.39 is 12.0 Å². The Balaban J connectivity index is 2.29. The van der Waals surface area contributed by atoms with Gasteiger partial charge in [-0.15, -0.1) is 0 Å². The third-order valence-electron chi connectivity index (χ3n) is 2.48. The van der Waals surface area contributed by atoms with Gasteiger partial charge in [0.05, 0.1) is 0 Å². The van der Waals surface area contributed by atoms with Crippen LogP contribution in [-0.2, 0) is 6.18 Å². The molecule has 1 fully saturated rings. The van der Waals surface area contributed by atoms with E-state index in [0.717, 1.165) is 17.9 Å². The molecule has 0 unspecified atom stereocenters. The zero-order chi connectivity index (χ0) is 13.2. The molecule has 1 aromatic heterocycles. The summed E-state index contributed by atoms with van der Waals surface area (Å²) in [4.78, 5) is 8.61. The molecule has 18 heavy (non-hydrogen) atoms. The first-order chi connectivity index (χ1) is 8.47. The fraction of sp³-hybridized carbons (Fsp3) is 0.600. The first-order valence-electron chi connectivity index (χ1n) is 5.41. The first kappa shape index (κ1) is 13.7. The highest BCUT2D eigenvalue weighted by atomic mass is 35.5. The maximum atomic E-state index is 12.6. The molecule has 3 nitrogen and oxygen atoms in total. The standard InChI is InChI=1S/C10H11ClF3N3S/c11-7-6-8(16-9(15-7)10(12,13)14)17-2-1-4-18-5-3-17/h6H,1-5H2. The lowest BCUT2D eigenvalue weighted by Gasteiger charge is -2.21. The molecule has 0 bridgehead atoms. The summed E-state index contributed by atoms with van der Waals surface area (Å²) >= 11 is 7.42. The second kappa shape index (κ2) is 5.52. The number of hydrogen-bond donors (Lipinski definition) is 0. The largest absolute Gasteiger partial charge is 0.451 e. The molecule has 2 heterocycles. The summed E-state index contributed by atoms with van der Waals surface area (Å²) in [7, 11) is 0. The van der Waals surface area contributed by atoms with Gasteiger partial charge in [0, 0.05) is 24.9 Å². The van der Waals surface area contributed by atoms with Gasteiger partial charge in [-0.2, -0.15) is 24.9 Å². The minimum atomic E-state index is -4.57. The van der Waals surface area contributed by atoms with Gasteiger partial charge >= 0.3 is 6.18 Å². The van der Waals surface area contributed by atoms with Gasteiger partial charge in [-0.05, 0) is 12.2 Å². The molecule has 1 saturated heterocycles. The number of aromatic nitrogens is 2. The molecule has 0 radical (unpaired) electrons. The molecule has 0 atom stereocenters. The van der Waals surface area contributed by atoms with Crippen LogP contribution in [0.15, 0.2) is 6.07 Å². The number of halogens is 4. The van der Waals surface area contributed by atoms with Crippen molar-refractivity contribution < 1.29 is 13.2 Å². The topological polar surface area (TPSA) is 29.0 Å². The van der Waals surface area contributed by atoms with Crippen molar-refractivity contribution in [3.8, 4) is 0 Å². The number of hydrogen-bond acceptors (Lipinski definition) is 4. The molecule has 0 amide bonds. The minimum absolute atomic E-state index is 0.177. The van der Waals surface area contributed by atoms with Crippen LogP contribution in [0.4, 0.5) is 19.0 Å². The molecule has 1 aromatic rings. The normalized spacial score (nSPS) is 17.7. The Hall–Kier alpha value is -0.690. The summed E-state index contributed by atoms with van der Waals surface area (Å²) in [6.45, 7) is 1.37. The van der Waals surface area contributed by atoms with Crippen molar-refractivity contribution in [1.82, 2.24) is 9.97 Å². The number of anilines is 1. The van der Waals surface area contributed by atoms with Gasteiger partial charge in [-0.1, -0.05) is 11.6 Å². The van der Waals surface area contributed by atoms with E-state index in [1.54, 1.807) is 11.8 Å². The Labute approximate surface area is 112 Å². The van der Waals surface area contributed by atoms with Gasteiger partial charge in [-0.3, -0.25) is 0 Å². The Morgan fingerprint density at radius 2 is 2.00 bits per heavy atom. The van der Waals surface area contributed by atoms with Crippen molar-refractivity contribution in [1.29, 1.82) is 0 Å². The molecule has 0 spiro atoms. The van der Waals surface area contributed by atoms with Crippen molar-refractivity contribution >= 4 is 29.2 Å². The van der Waals surface area contributed by atoms with Crippen LogP contribution in [0.5, 0.6) is 0 Å². The number of thioether (sulfide) groups is 1. The van der Waals surface area contributed by atoms with Crippen molar-refractivity contribution in [2.24, 2.45) is 0 Å². The van der Waals surface area contributed by atoms with Crippen LogP contribution in [0, 0.1) is 0 Å². The lowest BCUT2D eigenvalue weighted by Crippen LogP contribution is -2.27. The van der Waals surface area contributed by atoms with E-state index >= 15 is 0 Å². The smallest absolute Gasteiger partial charge is 0.356 e. The van der Waals surface area contributed by atoms with Crippen molar-refractivity contribution in [3.05, 3.63) is 17.0 Å². The predicted octanol–water partition coefficient (Wildman–Crippen LogP) is 3.09. The van der Waals surface area contributed by atoms with Crippen LogP contribution in [0.1, 0.15) is 12.2 Å². The molecular weight excluding hydrogens is 287 g/mol. The van der Waals surface area contributed by atoms with Gasteiger partial charge in [-0.25, -0.2) is 9.97 Å². The van der Waals surface area contributed by atoms with Crippen LogP contribution in [0.2, 0.25) is 5.15 Å². The highest BCUT2D eigenvalue weighted by Gasteiger charge is 2.35. The first-order valence-corrected chi connectivity index (χ1v) is 6.94. The molecule has 0 saturated carbocycles. The van der Waals surface area contributed by atoms with E-state index in [4.69, 9.17) is 11.6 Å². The average molecular weight is 298 g/mol. The van der Waals surface area contributed by atoms with E-state index in [-0.39, 0.29) is 11.0 Å². The van der Waals surface area contributed by atoms with E-state index in [9.17, 15) is 13.2 Å². The summed E-state index contributed by atoms with van der Waals surface area (Å²) in [5.74, 6) is 0.969. The quantitative estimate of drug-likeness (QED) is 0.745. The Bertz CT molecular complexity index is 419. The van der Waals surface area contributed by atoms with Crippen molar-refractivity contribution in [2.45, 2.75) is 12.6 Å². The van der Waals surface area contributed by atoms with Crippen molar-refractivity contribution in [2.75, 3.05) is 29.5 Å². The van der Waals surface area contributed by atoms with Gasteiger partial charge in [0.2, 0.25) is 5.82 Å². The molecule has 0 N–H and O–H groups in total. The highest BCUT2D eigenvalue weighted by Crippen LogP contribution is 2.29. The monoisotopic (exact) mass is 297 g/mol. The summed E-state index contributed by atoms with van der Waals surface area (Å²) in [5, 5.41) is -0.177. The average Bonchev–Trinajstić information content (AvgIpc) is 2.55. The molecular formula is C10H11ClF3N3S. The zero-order valence-electron chi connectivity index (χ0n) is 9.37. The highest BCUT2D eigenvalue weighted by molar-refractivity contribution is 7.99. The van der Waals surface area contributed by atoms with E-state index in [2.05, 4.69) is 9.97 Å². The van der Waals surface area contributed by atoms with Gasteiger partial charge in [0.1, 0.15) is 11.0 Å². The zero-order valence-corrected chi connectivity index (χ0v) is 10.9. The van der Waals surface area contributed by atoms with Crippen LogP contribution < -0.4 is 4.90 Å². The maximum Gasteiger partial charge on any atom is 0.451 e. The van der Waals surface area contributed by atoms with Gasteiger partial charge < -0.3 is 4.90 Å². The molecule has 8 heteroatoms. The van der Waals surface area contributed by atoms with E-state index in [1.165, 1.54) is 6.07 Å². The fourth-order valence-electron chi connectivity index (χ4n) is 1.67. The Morgan fingerprint density at radius 3 is 2.72 bits per heavy atom. The summed E-state index contributed by atoms with van der Waals surface area (Å²) in [6.07, 6.45) is -3.64. The van der Waals surface area contributed by atoms with Gasteiger partial charge in [0.25, 0.3) is 0 Å². The lowest BCUT2D eigenvalue weighted by atomic mass is 10.4. The van der Waals surface area contributed by atoms with Crippen LogP contribution in [0.25, 0.3) is 0 Å². The third kappa shape index (κ3) is 3.41. The fourth-order valence-corrected chi connectivity index (χ4v) is 2.73. The molecule has 0 aromatic carbocycles. The minimum Gasteiger partial charge on any atom is -0.356 e. The maximum absolute atomic E-state index is 12.6. The Kier molecular flexibility index (Phi) is 4.21. The second-order valence-corrected chi connectivity index (χ2v) is 5.44.